The zero-order chi connectivity index (χ0) is 19.2. The van der Waals surface area contributed by atoms with Crippen molar-refractivity contribution in [3.8, 4) is 17.4 Å². The molecule has 0 radical (unpaired) electrons. The second-order valence-electron chi connectivity index (χ2n) is 7.48. The van der Waals surface area contributed by atoms with Gasteiger partial charge in [0, 0.05) is 30.9 Å². The van der Waals surface area contributed by atoms with Crippen molar-refractivity contribution >= 4 is 0 Å². The van der Waals surface area contributed by atoms with Crippen LogP contribution in [0.4, 0.5) is 0 Å². The number of fused-ring (bicyclic) bond motifs is 2. The van der Waals surface area contributed by atoms with E-state index in [2.05, 4.69) is 27.9 Å². The molecule has 0 unspecified atom stereocenters. The van der Waals surface area contributed by atoms with Crippen LogP contribution >= 0.6 is 0 Å². The smallest absolute Gasteiger partial charge is 0.223 e. The highest BCUT2D eigenvalue weighted by atomic mass is 16.5. The molecular weight excluding hydrogens is 354 g/mol. The lowest BCUT2D eigenvalue weighted by atomic mass is 10.0. The van der Waals surface area contributed by atoms with Crippen LogP contribution in [-0.2, 0) is 11.3 Å². The van der Waals surface area contributed by atoms with Crippen molar-refractivity contribution in [1.82, 2.24) is 14.8 Å². The quantitative estimate of drug-likeness (QED) is 0.754. The van der Waals surface area contributed by atoms with Crippen molar-refractivity contribution in [3.63, 3.8) is 0 Å². The number of benzene rings is 1. The Labute approximate surface area is 167 Å². The van der Waals surface area contributed by atoms with Crippen molar-refractivity contribution in [2.75, 3.05) is 46.5 Å². The summed E-state index contributed by atoms with van der Waals surface area (Å²) >= 11 is 0. The lowest BCUT2D eigenvalue weighted by Gasteiger charge is -2.37. The summed E-state index contributed by atoms with van der Waals surface area (Å²) in [5, 5.41) is 0. The summed E-state index contributed by atoms with van der Waals surface area (Å²) in [5.74, 6) is 2.05. The fourth-order valence-electron chi connectivity index (χ4n) is 3.86. The van der Waals surface area contributed by atoms with E-state index in [0.29, 0.717) is 43.2 Å². The summed E-state index contributed by atoms with van der Waals surface area (Å²) in [5.41, 5.74) is 1.09. The third-order valence-electron chi connectivity index (χ3n) is 5.49. The highest BCUT2D eigenvalue weighted by Gasteiger charge is 2.24. The zero-order valence-corrected chi connectivity index (χ0v) is 16.5. The summed E-state index contributed by atoms with van der Waals surface area (Å²) in [6.45, 7) is 5.76. The summed E-state index contributed by atoms with van der Waals surface area (Å²) in [7, 11) is 2.20. The summed E-state index contributed by atoms with van der Waals surface area (Å²) in [6, 6.07) is 12.4. The molecule has 1 saturated heterocycles. The molecule has 4 rings (SSSR count). The fraction of sp³-hybridized carbons (Fsp3) is 0.500. The van der Waals surface area contributed by atoms with Crippen LogP contribution in [0.1, 0.15) is 18.4 Å². The molecule has 1 fully saturated rings. The maximum Gasteiger partial charge on any atom is 0.223 e. The first kappa shape index (κ1) is 19.2. The standard InChI is InChI=1S/C22H29N3O3/c1-24-11-8-19(9-12-24)25-13-14-26-15-16-27-20-6-2-3-7-21(20)28-22-18(17-25)5-4-10-23-22/h2-7,10,19H,8-9,11-17H2,1H3. The van der Waals surface area contributed by atoms with Gasteiger partial charge in [-0.1, -0.05) is 18.2 Å². The molecule has 2 aliphatic heterocycles. The number of para-hydroxylation sites is 2. The number of piperidine rings is 1. The van der Waals surface area contributed by atoms with Crippen LogP contribution in [0.3, 0.4) is 0 Å². The van der Waals surface area contributed by atoms with Crippen molar-refractivity contribution in [1.29, 1.82) is 0 Å². The Kier molecular flexibility index (Phi) is 6.41. The number of rotatable bonds is 1. The van der Waals surface area contributed by atoms with Gasteiger partial charge < -0.3 is 19.1 Å². The van der Waals surface area contributed by atoms with Gasteiger partial charge in [-0.05, 0) is 51.2 Å². The van der Waals surface area contributed by atoms with E-state index in [1.807, 2.05) is 30.3 Å². The maximum absolute atomic E-state index is 6.20. The lowest BCUT2D eigenvalue weighted by Crippen LogP contribution is -2.44. The highest BCUT2D eigenvalue weighted by Crippen LogP contribution is 2.32. The van der Waals surface area contributed by atoms with Gasteiger partial charge in [0.2, 0.25) is 5.88 Å². The van der Waals surface area contributed by atoms with E-state index in [-0.39, 0.29) is 0 Å². The van der Waals surface area contributed by atoms with Crippen molar-refractivity contribution < 1.29 is 14.2 Å². The number of ether oxygens (including phenoxy) is 3. The fourth-order valence-corrected chi connectivity index (χ4v) is 3.86. The third kappa shape index (κ3) is 4.82. The summed E-state index contributed by atoms with van der Waals surface area (Å²) < 4.78 is 17.9. The van der Waals surface area contributed by atoms with E-state index < -0.39 is 0 Å². The third-order valence-corrected chi connectivity index (χ3v) is 5.49. The van der Waals surface area contributed by atoms with Gasteiger partial charge in [0.1, 0.15) is 6.61 Å². The first-order valence-electron chi connectivity index (χ1n) is 10.1. The van der Waals surface area contributed by atoms with Crippen LogP contribution in [0.2, 0.25) is 0 Å². The molecule has 1 aromatic carbocycles. The number of pyridine rings is 1. The molecule has 1 aromatic heterocycles. The molecule has 3 heterocycles. The van der Waals surface area contributed by atoms with Crippen LogP contribution in [0, 0.1) is 0 Å². The van der Waals surface area contributed by atoms with E-state index >= 15 is 0 Å². The zero-order valence-electron chi connectivity index (χ0n) is 16.5. The van der Waals surface area contributed by atoms with Crippen molar-refractivity contribution in [3.05, 3.63) is 48.2 Å². The van der Waals surface area contributed by atoms with E-state index in [9.17, 15) is 0 Å². The molecular formula is C22H29N3O3. The molecule has 2 aromatic rings. The minimum atomic E-state index is 0.504. The van der Waals surface area contributed by atoms with E-state index in [0.717, 1.165) is 31.7 Å². The Balaban J connectivity index is 1.60. The Morgan fingerprint density at radius 2 is 1.75 bits per heavy atom. The average Bonchev–Trinajstić information content (AvgIpc) is 2.73. The second kappa shape index (κ2) is 9.37. The second-order valence-corrected chi connectivity index (χ2v) is 7.48. The van der Waals surface area contributed by atoms with E-state index in [1.54, 1.807) is 6.20 Å². The molecule has 28 heavy (non-hydrogen) atoms. The largest absolute Gasteiger partial charge is 0.487 e. The monoisotopic (exact) mass is 383 g/mol. The molecule has 6 heteroatoms. The SMILES string of the molecule is CN1CCC(N2CCOCCOc3ccccc3Oc3ncccc3C2)CC1. The van der Waals surface area contributed by atoms with Gasteiger partial charge >= 0.3 is 0 Å². The Hall–Kier alpha value is -2.15. The van der Waals surface area contributed by atoms with Gasteiger partial charge in [-0.25, -0.2) is 4.98 Å². The first-order chi connectivity index (χ1) is 13.8. The van der Waals surface area contributed by atoms with Crippen LogP contribution in [0.15, 0.2) is 42.6 Å². The van der Waals surface area contributed by atoms with Gasteiger partial charge in [0.05, 0.1) is 13.2 Å². The number of hydrogen-bond donors (Lipinski definition) is 0. The normalized spacial score (nSPS) is 20.5. The number of aromatic nitrogens is 1. The van der Waals surface area contributed by atoms with E-state index in [1.165, 1.54) is 12.8 Å². The molecule has 0 amide bonds. The molecule has 0 N–H and O–H groups in total. The van der Waals surface area contributed by atoms with Crippen LogP contribution in [0.25, 0.3) is 0 Å². The summed E-state index contributed by atoms with van der Waals surface area (Å²) in [6.07, 6.45) is 4.14. The summed E-state index contributed by atoms with van der Waals surface area (Å²) in [4.78, 5) is 9.45. The Morgan fingerprint density at radius 3 is 2.61 bits per heavy atom. The predicted octanol–water partition coefficient (Wildman–Crippen LogP) is 3.18. The van der Waals surface area contributed by atoms with Crippen LogP contribution < -0.4 is 9.47 Å². The maximum atomic E-state index is 6.20. The Morgan fingerprint density at radius 1 is 0.929 bits per heavy atom. The predicted molar refractivity (Wildman–Crippen MR) is 108 cm³/mol. The average molecular weight is 383 g/mol. The molecule has 0 spiro atoms. The molecule has 0 atom stereocenters. The van der Waals surface area contributed by atoms with E-state index in [4.69, 9.17) is 14.2 Å². The minimum Gasteiger partial charge on any atom is -0.487 e. The van der Waals surface area contributed by atoms with Crippen molar-refractivity contribution in [2.24, 2.45) is 0 Å². The molecule has 150 valence electrons. The van der Waals surface area contributed by atoms with Crippen LogP contribution in [-0.4, -0.2) is 67.3 Å². The number of hydrogen-bond acceptors (Lipinski definition) is 6. The number of nitrogens with zero attached hydrogens (tertiary/aromatic N) is 3. The topological polar surface area (TPSA) is 47.1 Å². The molecule has 2 aliphatic rings. The highest BCUT2D eigenvalue weighted by molar-refractivity contribution is 5.42. The first-order valence-corrected chi connectivity index (χ1v) is 10.1. The van der Waals surface area contributed by atoms with Gasteiger partial charge in [0.25, 0.3) is 0 Å². The van der Waals surface area contributed by atoms with Gasteiger partial charge in [-0.2, -0.15) is 0 Å². The molecule has 0 saturated carbocycles. The van der Waals surface area contributed by atoms with Crippen molar-refractivity contribution in [2.45, 2.75) is 25.4 Å². The Bertz CT molecular complexity index is 762. The van der Waals surface area contributed by atoms with Gasteiger partial charge in [-0.3, -0.25) is 4.90 Å². The minimum absolute atomic E-state index is 0.504. The lowest BCUT2D eigenvalue weighted by molar-refractivity contribution is 0.0508. The molecule has 6 nitrogen and oxygen atoms in total. The van der Waals surface area contributed by atoms with Crippen LogP contribution in [0.5, 0.6) is 17.4 Å². The number of likely N-dealkylation sites (tertiary alicyclic amines) is 1. The molecule has 0 bridgehead atoms. The van der Waals surface area contributed by atoms with Gasteiger partial charge in [0.15, 0.2) is 11.5 Å². The van der Waals surface area contributed by atoms with Gasteiger partial charge in [-0.15, -0.1) is 0 Å². The molecule has 0 aliphatic carbocycles.